The first-order valence-corrected chi connectivity index (χ1v) is 8.00. The third kappa shape index (κ3) is 3.41. The van der Waals surface area contributed by atoms with Crippen LogP contribution in [0, 0.1) is 0 Å². The van der Waals surface area contributed by atoms with Gasteiger partial charge in [0.1, 0.15) is 10.6 Å². The highest BCUT2D eigenvalue weighted by Crippen LogP contribution is 2.40. The van der Waals surface area contributed by atoms with Crippen molar-refractivity contribution in [3.63, 3.8) is 0 Å². The van der Waals surface area contributed by atoms with Gasteiger partial charge >= 0.3 is 6.18 Å². The van der Waals surface area contributed by atoms with Crippen molar-refractivity contribution in [2.24, 2.45) is 0 Å². The highest BCUT2D eigenvalue weighted by atomic mass is 32.1. The Morgan fingerprint density at radius 1 is 1.04 bits per heavy atom. The number of alkyl halides is 3. The number of methoxy groups -OCH3 is 1. The zero-order valence-corrected chi connectivity index (χ0v) is 13.8. The van der Waals surface area contributed by atoms with Crippen molar-refractivity contribution in [1.29, 1.82) is 0 Å². The molecule has 0 saturated carbocycles. The summed E-state index contributed by atoms with van der Waals surface area (Å²) in [6, 6.07) is 14.3. The van der Waals surface area contributed by atoms with Crippen LogP contribution in [0.1, 0.15) is 20.8 Å². The molecular formula is C18H12F3NO2S. The summed E-state index contributed by atoms with van der Waals surface area (Å²) in [5, 5.41) is 0. The van der Waals surface area contributed by atoms with Crippen LogP contribution in [-0.2, 0) is 6.18 Å². The van der Waals surface area contributed by atoms with E-state index in [1.165, 1.54) is 31.4 Å². The van der Waals surface area contributed by atoms with E-state index in [-0.39, 0.29) is 22.8 Å². The van der Waals surface area contributed by atoms with Gasteiger partial charge in [0.25, 0.3) is 0 Å². The van der Waals surface area contributed by atoms with Crippen LogP contribution in [0.4, 0.5) is 13.2 Å². The molecule has 0 atom stereocenters. The molecule has 0 amide bonds. The summed E-state index contributed by atoms with van der Waals surface area (Å²) in [6.45, 7) is 0. The minimum atomic E-state index is -4.65. The second-order valence-electron chi connectivity index (χ2n) is 5.16. The van der Waals surface area contributed by atoms with Gasteiger partial charge in [0.15, 0.2) is 5.78 Å². The van der Waals surface area contributed by atoms with E-state index in [2.05, 4.69) is 4.37 Å². The number of carbonyl (C=O) groups is 1. The molecule has 0 spiro atoms. The standard InChI is InChI=1S/C18H12F3NO2S/c1-24-13-9-7-12(8-10-13)16(23)14-15(11-5-3-2-4-6-11)22-25-17(14)18(19,20)21/h2-10H,1H3. The van der Waals surface area contributed by atoms with E-state index in [1.807, 2.05) is 0 Å². The maximum atomic E-state index is 13.4. The fraction of sp³-hybridized carbons (Fsp3) is 0.111. The van der Waals surface area contributed by atoms with E-state index in [4.69, 9.17) is 4.74 Å². The van der Waals surface area contributed by atoms with Gasteiger partial charge in [-0.1, -0.05) is 30.3 Å². The van der Waals surface area contributed by atoms with Gasteiger partial charge in [0.2, 0.25) is 0 Å². The van der Waals surface area contributed by atoms with Crippen molar-refractivity contribution < 1.29 is 22.7 Å². The Labute approximate surface area is 145 Å². The Hall–Kier alpha value is -2.67. The molecule has 0 bridgehead atoms. The minimum absolute atomic E-state index is 0.0405. The molecule has 0 aliphatic heterocycles. The average Bonchev–Trinajstić information content (AvgIpc) is 3.07. The third-order valence-corrected chi connectivity index (χ3v) is 4.47. The van der Waals surface area contributed by atoms with Crippen LogP contribution in [0.2, 0.25) is 0 Å². The molecule has 25 heavy (non-hydrogen) atoms. The van der Waals surface area contributed by atoms with Gasteiger partial charge in [0.05, 0.1) is 18.4 Å². The van der Waals surface area contributed by atoms with Gasteiger partial charge in [0, 0.05) is 11.1 Å². The summed E-state index contributed by atoms with van der Waals surface area (Å²) < 4.78 is 49.0. The molecule has 128 valence electrons. The summed E-state index contributed by atoms with van der Waals surface area (Å²) in [4.78, 5) is 11.8. The Balaban J connectivity index is 2.15. The molecule has 2 aromatic carbocycles. The van der Waals surface area contributed by atoms with Crippen molar-refractivity contribution in [3.05, 3.63) is 70.6 Å². The lowest BCUT2D eigenvalue weighted by Gasteiger charge is -2.09. The van der Waals surface area contributed by atoms with Gasteiger partial charge in [-0.25, -0.2) is 0 Å². The Kier molecular flexibility index (Phi) is 4.59. The number of rotatable bonds is 4. The predicted molar refractivity (Wildman–Crippen MR) is 89.0 cm³/mol. The largest absolute Gasteiger partial charge is 0.497 e. The quantitative estimate of drug-likeness (QED) is 0.608. The Morgan fingerprint density at radius 3 is 2.24 bits per heavy atom. The van der Waals surface area contributed by atoms with Crippen molar-refractivity contribution in [3.8, 4) is 17.0 Å². The number of carbonyl (C=O) groups excluding carboxylic acids is 1. The van der Waals surface area contributed by atoms with Crippen molar-refractivity contribution in [2.45, 2.75) is 6.18 Å². The van der Waals surface area contributed by atoms with Crippen molar-refractivity contribution in [2.75, 3.05) is 7.11 Å². The molecular weight excluding hydrogens is 351 g/mol. The summed E-state index contributed by atoms with van der Waals surface area (Å²) >= 11 is 0.288. The number of hydrogen-bond acceptors (Lipinski definition) is 4. The number of hydrogen-bond donors (Lipinski definition) is 0. The minimum Gasteiger partial charge on any atom is -0.497 e. The lowest BCUT2D eigenvalue weighted by atomic mass is 9.98. The predicted octanol–water partition coefficient (Wildman–Crippen LogP) is 5.07. The molecule has 0 aliphatic rings. The van der Waals surface area contributed by atoms with Gasteiger partial charge in [-0.2, -0.15) is 17.5 Å². The fourth-order valence-electron chi connectivity index (χ4n) is 2.37. The molecule has 3 rings (SSSR count). The lowest BCUT2D eigenvalue weighted by molar-refractivity contribution is -0.134. The van der Waals surface area contributed by atoms with Gasteiger partial charge < -0.3 is 4.74 Å². The SMILES string of the molecule is COc1ccc(C(=O)c2c(-c3ccccc3)nsc2C(F)(F)F)cc1. The number of benzene rings is 2. The molecule has 0 fully saturated rings. The summed E-state index contributed by atoms with van der Waals surface area (Å²) in [5.41, 5.74) is 0.224. The third-order valence-electron chi connectivity index (χ3n) is 3.58. The Morgan fingerprint density at radius 2 is 1.68 bits per heavy atom. The lowest BCUT2D eigenvalue weighted by Crippen LogP contribution is -2.11. The molecule has 0 radical (unpaired) electrons. The van der Waals surface area contributed by atoms with Crippen LogP contribution in [0.25, 0.3) is 11.3 Å². The monoisotopic (exact) mass is 363 g/mol. The van der Waals surface area contributed by atoms with Crippen LogP contribution < -0.4 is 4.74 Å². The van der Waals surface area contributed by atoms with E-state index < -0.39 is 22.4 Å². The molecule has 7 heteroatoms. The van der Waals surface area contributed by atoms with Crippen molar-refractivity contribution in [1.82, 2.24) is 4.37 Å². The summed E-state index contributed by atoms with van der Waals surface area (Å²) in [7, 11) is 1.47. The first-order chi connectivity index (χ1) is 11.9. The van der Waals surface area contributed by atoms with E-state index in [0.717, 1.165) is 0 Å². The first kappa shape index (κ1) is 17.2. The number of aromatic nitrogens is 1. The maximum Gasteiger partial charge on any atom is 0.427 e. The Bertz CT molecular complexity index is 887. The molecule has 3 aromatic rings. The average molecular weight is 363 g/mol. The maximum absolute atomic E-state index is 13.4. The van der Waals surface area contributed by atoms with E-state index in [9.17, 15) is 18.0 Å². The fourth-order valence-corrected chi connectivity index (χ4v) is 3.14. The molecule has 1 aromatic heterocycles. The second-order valence-corrected chi connectivity index (χ2v) is 5.93. The first-order valence-electron chi connectivity index (χ1n) is 7.23. The van der Waals surface area contributed by atoms with E-state index in [1.54, 1.807) is 30.3 Å². The number of halogens is 3. The van der Waals surface area contributed by atoms with E-state index in [0.29, 0.717) is 11.3 Å². The smallest absolute Gasteiger partial charge is 0.427 e. The highest BCUT2D eigenvalue weighted by Gasteiger charge is 2.40. The number of ether oxygens (including phenoxy) is 1. The van der Waals surface area contributed by atoms with Crippen LogP contribution in [-0.4, -0.2) is 17.3 Å². The normalized spacial score (nSPS) is 11.4. The number of ketones is 1. The van der Waals surface area contributed by atoms with Crippen LogP contribution >= 0.6 is 11.5 Å². The van der Waals surface area contributed by atoms with Gasteiger partial charge in [-0.05, 0) is 35.8 Å². The molecule has 0 unspecified atom stereocenters. The summed E-state index contributed by atoms with van der Waals surface area (Å²) in [6.07, 6.45) is -4.65. The highest BCUT2D eigenvalue weighted by molar-refractivity contribution is 7.06. The molecule has 0 aliphatic carbocycles. The zero-order valence-electron chi connectivity index (χ0n) is 13.0. The molecule has 0 saturated heterocycles. The van der Waals surface area contributed by atoms with Gasteiger partial charge in [-0.15, -0.1) is 0 Å². The van der Waals surface area contributed by atoms with Crippen LogP contribution in [0.5, 0.6) is 5.75 Å². The summed E-state index contributed by atoms with van der Waals surface area (Å²) in [5.74, 6) is -0.207. The zero-order chi connectivity index (χ0) is 18.0. The molecule has 1 heterocycles. The number of nitrogens with zero attached hydrogens (tertiary/aromatic N) is 1. The van der Waals surface area contributed by atoms with Crippen LogP contribution in [0.15, 0.2) is 54.6 Å². The topological polar surface area (TPSA) is 39.2 Å². The van der Waals surface area contributed by atoms with Crippen molar-refractivity contribution >= 4 is 17.3 Å². The van der Waals surface area contributed by atoms with Crippen LogP contribution in [0.3, 0.4) is 0 Å². The molecule has 3 nitrogen and oxygen atoms in total. The molecule has 0 N–H and O–H groups in total. The van der Waals surface area contributed by atoms with E-state index >= 15 is 0 Å². The van der Waals surface area contributed by atoms with Gasteiger partial charge in [-0.3, -0.25) is 4.79 Å². The second kappa shape index (κ2) is 6.68.